The van der Waals surface area contributed by atoms with Crippen LogP contribution in [0.4, 0.5) is 0 Å². The molecule has 0 fully saturated rings. The lowest BCUT2D eigenvalue weighted by Crippen LogP contribution is -2.38. The van der Waals surface area contributed by atoms with E-state index < -0.39 is 0 Å². The van der Waals surface area contributed by atoms with Crippen molar-refractivity contribution in [3.8, 4) is 0 Å². The summed E-state index contributed by atoms with van der Waals surface area (Å²) in [5.74, 6) is 0. The fraction of sp³-hybridized carbons (Fsp3) is 1.00. The third-order valence-corrected chi connectivity index (χ3v) is 2.41. The summed E-state index contributed by atoms with van der Waals surface area (Å²) in [7, 11) is 1.66. The van der Waals surface area contributed by atoms with Crippen LogP contribution in [-0.4, -0.2) is 63.9 Å². The van der Waals surface area contributed by atoms with Crippen LogP contribution < -0.4 is 5.32 Å². The molecule has 0 aromatic rings. The summed E-state index contributed by atoms with van der Waals surface area (Å²) in [4.78, 5) is 0. The summed E-state index contributed by atoms with van der Waals surface area (Å²) in [5, 5.41) is 12.4. The minimum absolute atomic E-state index is 0.128. The Kier molecular flexibility index (Phi) is 13.1. The first-order chi connectivity index (χ1) is 8.70. The molecule has 0 heterocycles. The molecule has 0 saturated carbocycles. The highest BCUT2D eigenvalue weighted by atomic mass is 16.5. The van der Waals surface area contributed by atoms with Crippen molar-refractivity contribution in [2.45, 2.75) is 38.8 Å². The van der Waals surface area contributed by atoms with Crippen LogP contribution >= 0.6 is 0 Å². The topological polar surface area (TPSA) is 60.0 Å². The predicted molar refractivity (Wildman–Crippen MR) is 71.9 cm³/mol. The number of nitrogens with one attached hydrogen (secondary N) is 1. The number of rotatable bonds is 13. The number of ether oxygens (including phenoxy) is 3. The van der Waals surface area contributed by atoms with E-state index in [1.54, 1.807) is 7.11 Å². The van der Waals surface area contributed by atoms with Gasteiger partial charge in [-0.15, -0.1) is 0 Å². The Morgan fingerprint density at radius 1 is 1.00 bits per heavy atom. The maximum Gasteiger partial charge on any atom is 0.0700 e. The van der Waals surface area contributed by atoms with Crippen LogP contribution in [0.1, 0.15) is 26.7 Å². The number of aliphatic hydroxyl groups excluding tert-OH is 1. The fourth-order valence-electron chi connectivity index (χ4n) is 1.53. The van der Waals surface area contributed by atoms with E-state index >= 15 is 0 Å². The van der Waals surface area contributed by atoms with Gasteiger partial charge in [0.1, 0.15) is 0 Å². The Labute approximate surface area is 111 Å². The molecule has 0 amide bonds. The van der Waals surface area contributed by atoms with E-state index in [2.05, 4.69) is 19.2 Å². The van der Waals surface area contributed by atoms with Crippen molar-refractivity contribution in [1.29, 1.82) is 0 Å². The Hall–Kier alpha value is -0.200. The number of hydrogen-bond acceptors (Lipinski definition) is 5. The van der Waals surface area contributed by atoms with Gasteiger partial charge < -0.3 is 24.6 Å². The molecule has 1 unspecified atom stereocenters. The van der Waals surface area contributed by atoms with Gasteiger partial charge in [-0.3, -0.25) is 0 Å². The summed E-state index contributed by atoms with van der Waals surface area (Å²) in [6.07, 6.45) is 1.73. The summed E-state index contributed by atoms with van der Waals surface area (Å²) in [6, 6.07) is 0.513. The van der Waals surface area contributed by atoms with Gasteiger partial charge in [0.15, 0.2) is 0 Å². The first-order valence-electron chi connectivity index (χ1n) is 6.72. The van der Waals surface area contributed by atoms with Crippen LogP contribution in [0.25, 0.3) is 0 Å². The molecule has 0 saturated heterocycles. The van der Waals surface area contributed by atoms with Crippen molar-refractivity contribution < 1.29 is 19.3 Å². The normalized spacial score (nSPS) is 13.2. The molecule has 5 heteroatoms. The Morgan fingerprint density at radius 2 is 1.67 bits per heavy atom. The highest BCUT2D eigenvalue weighted by molar-refractivity contribution is 4.67. The van der Waals surface area contributed by atoms with E-state index in [9.17, 15) is 0 Å². The molecule has 1 atom stereocenters. The molecule has 0 aliphatic rings. The average Bonchev–Trinajstić information content (AvgIpc) is 2.35. The molecule has 0 radical (unpaired) electrons. The number of methoxy groups -OCH3 is 1. The van der Waals surface area contributed by atoms with Crippen LogP contribution in [0.5, 0.6) is 0 Å². The summed E-state index contributed by atoms with van der Waals surface area (Å²) < 4.78 is 15.7. The molecular weight excluding hydrogens is 234 g/mol. The molecule has 0 aromatic heterocycles. The zero-order valence-electron chi connectivity index (χ0n) is 12.0. The first-order valence-corrected chi connectivity index (χ1v) is 6.72. The third-order valence-electron chi connectivity index (χ3n) is 2.41. The van der Waals surface area contributed by atoms with Crippen LogP contribution in [0.3, 0.4) is 0 Å². The lowest BCUT2D eigenvalue weighted by atomic mass is 10.2. The summed E-state index contributed by atoms with van der Waals surface area (Å²) in [6.45, 7) is 7.65. The minimum atomic E-state index is 0.128. The largest absolute Gasteiger partial charge is 0.395 e. The van der Waals surface area contributed by atoms with E-state index in [1.165, 1.54) is 0 Å². The second kappa shape index (κ2) is 13.2. The molecule has 5 nitrogen and oxygen atoms in total. The maximum atomic E-state index is 9.15. The van der Waals surface area contributed by atoms with E-state index in [-0.39, 0.29) is 12.6 Å². The van der Waals surface area contributed by atoms with E-state index in [1.807, 2.05) is 0 Å². The highest BCUT2D eigenvalue weighted by Gasteiger charge is 2.07. The van der Waals surface area contributed by atoms with Crippen LogP contribution in [0.2, 0.25) is 0 Å². The smallest absolute Gasteiger partial charge is 0.0700 e. The van der Waals surface area contributed by atoms with Gasteiger partial charge in [0.2, 0.25) is 0 Å². The van der Waals surface area contributed by atoms with Crippen molar-refractivity contribution >= 4 is 0 Å². The van der Waals surface area contributed by atoms with Crippen LogP contribution in [0.15, 0.2) is 0 Å². The zero-order chi connectivity index (χ0) is 13.6. The SMILES string of the molecule is COCCOCCCOCCC(CO)NC(C)C. The quantitative estimate of drug-likeness (QED) is 0.481. The van der Waals surface area contributed by atoms with E-state index in [0.29, 0.717) is 39.1 Å². The van der Waals surface area contributed by atoms with Gasteiger partial charge in [0.05, 0.1) is 19.8 Å². The number of aliphatic hydroxyl groups is 1. The van der Waals surface area contributed by atoms with Gasteiger partial charge in [-0.05, 0) is 12.8 Å². The predicted octanol–water partition coefficient (Wildman–Crippen LogP) is 0.805. The molecule has 0 rings (SSSR count). The Balaban J connectivity index is 3.23. The minimum Gasteiger partial charge on any atom is -0.395 e. The molecule has 0 aliphatic carbocycles. The van der Waals surface area contributed by atoms with Crippen molar-refractivity contribution in [3.05, 3.63) is 0 Å². The maximum absolute atomic E-state index is 9.15. The molecule has 0 aliphatic heterocycles. The first kappa shape index (κ1) is 17.8. The Morgan fingerprint density at radius 3 is 2.22 bits per heavy atom. The third kappa shape index (κ3) is 12.3. The van der Waals surface area contributed by atoms with Crippen molar-refractivity contribution in [3.63, 3.8) is 0 Å². The highest BCUT2D eigenvalue weighted by Crippen LogP contribution is 1.95. The van der Waals surface area contributed by atoms with E-state index in [0.717, 1.165) is 12.8 Å². The monoisotopic (exact) mass is 263 g/mol. The van der Waals surface area contributed by atoms with Gasteiger partial charge in [0, 0.05) is 39.0 Å². The second-order valence-electron chi connectivity index (χ2n) is 4.56. The molecule has 0 bridgehead atoms. The fourth-order valence-corrected chi connectivity index (χ4v) is 1.53. The number of hydrogen-bond donors (Lipinski definition) is 2. The molecule has 110 valence electrons. The zero-order valence-corrected chi connectivity index (χ0v) is 12.0. The van der Waals surface area contributed by atoms with Gasteiger partial charge in [0.25, 0.3) is 0 Å². The van der Waals surface area contributed by atoms with Gasteiger partial charge in [-0.2, -0.15) is 0 Å². The van der Waals surface area contributed by atoms with E-state index in [4.69, 9.17) is 19.3 Å². The standard InChI is InChI=1S/C13H29NO4/c1-12(2)14-13(11-15)5-8-17-6-4-7-18-10-9-16-3/h12-15H,4-11H2,1-3H3. The molecule has 0 aromatic carbocycles. The molecule has 18 heavy (non-hydrogen) atoms. The van der Waals surface area contributed by atoms with Gasteiger partial charge in [-0.25, -0.2) is 0 Å². The average molecular weight is 263 g/mol. The lowest BCUT2D eigenvalue weighted by Gasteiger charge is -2.18. The second-order valence-corrected chi connectivity index (χ2v) is 4.56. The molecule has 0 spiro atoms. The molecular formula is C13H29NO4. The van der Waals surface area contributed by atoms with Gasteiger partial charge >= 0.3 is 0 Å². The lowest BCUT2D eigenvalue weighted by molar-refractivity contribution is 0.0487. The van der Waals surface area contributed by atoms with Crippen LogP contribution in [0, 0.1) is 0 Å². The van der Waals surface area contributed by atoms with Crippen molar-refractivity contribution in [2.75, 3.05) is 46.8 Å². The van der Waals surface area contributed by atoms with Crippen molar-refractivity contribution in [2.24, 2.45) is 0 Å². The summed E-state index contributed by atoms with van der Waals surface area (Å²) in [5.41, 5.74) is 0. The Bertz CT molecular complexity index is 167. The molecule has 2 N–H and O–H groups in total. The van der Waals surface area contributed by atoms with Crippen molar-refractivity contribution in [1.82, 2.24) is 5.32 Å². The van der Waals surface area contributed by atoms with Crippen LogP contribution in [-0.2, 0) is 14.2 Å². The van der Waals surface area contributed by atoms with Gasteiger partial charge in [-0.1, -0.05) is 13.8 Å². The summed E-state index contributed by atoms with van der Waals surface area (Å²) >= 11 is 0.